The molecular weight excluding hydrogens is 196 g/mol. The summed E-state index contributed by atoms with van der Waals surface area (Å²) in [6.07, 6.45) is 2.57. The second kappa shape index (κ2) is 3.76. The molecule has 0 bridgehead atoms. The Balaban J connectivity index is 2.23. The summed E-state index contributed by atoms with van der Waals surface area (Å²) in [5.74, 6) is 0. The van der Waals surface area contributed by atoms with Gasteiger partial charge >= 0.3 is 0 Å². The minimum atomic E-state index is 0.757. The first kappa shape index (κ1) is 9.16. The zero-order valence-electron chi connectivity index (χ0n) is 7.63. The van der Waals surface area contributed by atoms with Crippen molar-refractivity contribution in [3.8, 4) is 0 Å². The lowest BCUT2D eigenvalue weighted by atomic mass is 10.1. The number of aromatic amines is 1. The van der Waals surface area contributed by atoms with Crippen molar-refractivity contribution in [3.05, 3.63) is 52.8 Å². The van der Waals surface area contributed by atoms with Crippen LogP contribution in [0, 0.1) is 0 Å². The first-order valence-electron chi connectivity index (χ1n) is 4.42. The van der Waals surface area contributed by atoms with Crippen LogP contribution in [0.1, 0.15) is 11.3 Å². The highest BCUT2D eigenvalue weighted by atomic mass is 35.5. The van der Waals surface area contributed by atoms with Gasteiger partial charge in [0.2, 0.25) is 0 Å². The van der Waals surface area contributed by atoms with Gasteiger partial charge in [-0.25, -0.2) is 0 Å². The summed E-state index contributed by atoms with van der Waals surface area (Å²) >= 11 is 6.04. The van der Waals surface area contributed by atoms with Gasteiger partial charge in [0.05, 0.1) is 0 Å². The fourth-order valence-corrected chi connectivity index (χ4v) is 1.61. The fourth-order valence-electron chi connectivity index (χ4n) is 1.41. The molecule has 1 aromatic heterocycles. The predicted molar refractivity (Wildman–Crippen MR) is 59.5 cm³/mol. The number of hydrogen-bond donors (Lipinski definition) is 2. The normalized spacial score (nSPS) is 10.4. The third-order valence-corrected chi connectivity index (χ3v) is 2.47. The topological polar surface area (TPSA) is 41.8 Å². The Bertz CT molecular complexity index is 434. The maximum absolute atomic E-state index is 6.04. The van der Waals surface area contributed by atoms with E-state index in [9.17, 15) is 0 Å². The lowest BCUT2D eigenvalue weighted by molar-refractivity contribution is 1.11. The molecule has 0 fully saturated rings. The van der Waals surface area contributed by atoms with Crippen molar-refractivity contribution in [2.75, 3.05) is 5.73 Å². The van der Waals surface area contributed by atoms with E-state index in [4.69, 9.17) is 17.3 Å². The van der Waals surface area contributed by atoms with Crippen LogP contribution in [-0.4, -0.2) is 4.98 Å². The molecule has 0 spiro atoms. The van der Waals surface area contributed by atoms with Gasteiger partial charge in [0.15, 0.2) is 0 Å². The molecule has 0 aliphatic rings. The van der Waals surface area contributed by atoms with E-state index >= 15 is 0 Å². The molecule has 0 aliphatic heterocycles. The molecule has 14 heavy (non-hydrogen) atoms. The standard InChI is InChI=1S/C11H11ClN2/c12-11-4-2-1-3-8(11)5-10-6-9(13)7-14-10/h1-4,6-7,14H,5,13H2. The van der Waals surface area contributed by atoms with Gasteiger partial charge in [-0.15, -0.1) is 0 Å². The SMILES string of the molecule is Nc1c[nH]c(Cc2ccccc2Cl)c1. The van der Waals surface area contributed by atoms with Crippen LogP contribution < -0.4 is 5.73 Å². The first-order chi connectivity index (χ1) is 6.75. The van der Waals surface area contributed by atoms with E-state index in [1.54, 1.807) is 6.20 Å². The van der Waals surface area contributed by atoms with Crippen LogP contribution in [0.2, 0.25) is 5.02 Å². The summed E-state index contributed by atoms with van der Waals surface area (Å²) in [6.45, 7) is 0. The Hall–Kier alpha value is -1.41. The smallest absolute Gasteiger partial charge is 0.0494 e. The number of hydrogen-bond acceptors (Lipinski definition) is 1. The van der Waals surface area contributed by atoms with Gasteiger partial charge in [0.1, 0.15) is 0 Å². The molecular formula is C11H11ClN2. The Kier molecular flexibility index (Phi) is 2.46. The van der Waals surface area contributed by atoms with Crippen LogP contribution >= 0.6 is 11.6 Å². The van der Waals surface area contributed by atoms with Crippen LogP contribution in [-0.2, 0) is 6.42 Å². The molecule has 2 nitrogen and oxygen atoms in total. The van der Waals surface area contributed by atoms with Crippen molar-refractivity contribution in [2.45, 2.75) is 6.42 Å². The maximum atomic E-state index is 6.04. The third-order valence-electron chi connectivity index (χ3n) is 2.10. The first-order valence-corrected chi connectivity index (χ1v) is 4.79. The summed E-state index contributed by atoms with van der Waals surface area (Å²) in [7, 11) is 0. The van der Waals surface area contributed by atoms with Gasteiger partial charge in [-0.05, 0) is 17.7 Å². The predicted octanol–water partition coefficient (Wildman–Crippen LogP) is 2.84. The van der Waals surface area contributed by atoms with E-state index in [0.29, 0.717) is 0 Å². The van der Waals surface area contributed by atoms with Gasteiger partial charge < -0.3 is 10.7 Å². The summed E-state index contributed by atoms with van der Waals surface area (Å²) in [6, 6.07) is 9.73. The lowest BCUT2D eigenvalue weighted by Crippen LogP contribution is -1.88. The van der Waals surface area contributed by atoms with Gasteiger partial charge in [0.25, 0.3) is 0 Å². The van der Waals surface area contributed by atoms with E-state index in [1.807, 2.05) is 30.3 Å². The Morgan fingerprint density at radius 2 is 2.07 bits per heavy atom. The minimum Gasteiger partial charge on any atom is -0.397 e. The average Bonchev–Trinajstić information content (AvgIpc) is 2.56. The van der Waals surface area contributed by atoms with E-state index in [1.165, 1.54) is 0 Å². The molecule has 72 valence electrons. The molecule has 2 rings (SSSR count). The maximum Gasteiger partial charge on any atom is 0.0494 e. The highest BCUT2D eigenvalue weighted by Gasteiger charge is 2.01. The number of aromatic nitrogens is 1. The molecule has 3 heteroatoms. The summed E-state index contributed by atoms with van der Waals surface area (Å²) in [5, 5.41) is 0.792. The molecule has 2 aromatic rings. The number of nitrogens with two attached hydrogens (primary N) is 1. The Morgan fingerprint density at radius 3 is 2.71 bits per heavy atom. The highest BCUT2D eigenvalue weighted by Crippen LogP contribution is 2.19. The molecule has 0 amide bonds. The second-order valence-corrected chi connectivity index (χ2v) is 3.63. The molecule has 0 saturated carbocycles. The van der Waals surface area contributed by atoms with Crippen molar-refractivity contribution < 1.29 is 0 Å². The number of rotatable bonds is 2. The fraction of sp³-hybridized carbons (Fsp3) is 0.0909. The summed E-state index contributed by atoms with van der Waals surface area (Å²) < 4.78 is 0. The van der Waals surface area contributed by atoms with Crippen LogP contribution in [0.4, 0.5) is 5.69 Å². The number of nitrogens with one attached hydrogen (secondary N) is 1. The van der Waals surface area contributed by atoms with E-state index in [0.717, 1.165) is 28.4 Å². The highest BCUT2D eigenvalue weighted by molar-refractivity contribution is 6.31. The number of halogens is 1. The Morgan fingerprint density at radius 1 is 1.29 bits per heavy atom. The quantitative estimate of drug-likeness (QED) is 0.780. The molecule has 3 N–H and O–H groups in total. The molecule has 1 heterocycles. The molecule has 0 saturated heterocycles. The number of H-pyrrole nitrogens is 1. The van der Waals surface area contributed by atoms with Crippen molar-refractivity contribution in [2.24, 2.45) is 0 Å². The van der Waals surface area contributed by atoms with Gasteiger partial charge in [-0.3, -0.25) is 0 Å². The van der Waals surface area contributed by atoms with Crippen LogP contribution in [0.3, 0.4) is 0 Å². The van der Waals surface area contributed by atoms with Crippen molar-refractivity contribution in [1.29, 1.82) is 0 Å². The zero-order valence-corrected chi connectivity index (χ0v) is 8.38. The average molecular weight is 207 g/mol. The Labute approximate surface area is 87.7 Å². The van der Waals surface area contributed by atoms with Crippen LogP contribution in [0.5, 0.6) is 0 Å². The summed E-state index contributed by atoms with van der Waals surface area (Å²) in [5.41, 5.74) is 8.55. The molecule has 0 atom stereocenters. The third kappa shape index (κ3) is 1.91. The van der Waals surface area contributed by atoms with E-state index in [2.05, 4.69) is 4.98 Å². The number of benzene rings is 1. The van der Waals surface area contributed by atoms with Crippen LogP contribution in [0.25, 0.3) is 0 Å². The molecule has 1 aromatic carbocycles. The molecule has 0 unspecified atom stereocenters. The minimum absolute atomic E-state index is 0.757. The van der Waals surface area contributed by atoms with Crippen molar-refractivity contribution in [1.82, 2.24) is 4.98 Å². The zero-order chi connectivity index (χ0) is 9.97. The van der Waals surface area contributed by atoms with Crippen molar-refractivity contribution >= 4 is 17.3 Å². The summed E-state index contributed by atoms with van der Waals surface area (Å²) in [4.78, 5) is 3.10. The van der Waals surface area contributed by atoms with Crippen LogP contribution in [0.15, 0.2) is 36.5 Å². The van der Waals surface area contributed by atoms with E-state index < -0.39 is 0 Å². The number of nitrogen functional groups attached to an aromatic ring is 1. The monoisotopic (exact) mass is 206 g/mol. The second-order valence-electron chi connectivity index (χ2n) is 3.23. The molecule has 0 radical (unpaired) electrons. The van der Waals surface area contributed by atoms with Gasteiger partial charge in [-0.1, -0.05) is 29.8 Å². The molecule has 0 aliphatic carbocycles. The van der Waals surface area contributed by atoms with Gasteiger partial charge in [-0.2, -0.15) is 0 Å². The van der Waals surface area contributed by atoms with Crippen molar-refractivity contribution in [3.63, 3.8) is 0 Å². The van der Waals surface area contributed by atoms with Gasteiger partial charge in [0, 0.05) is 29.0 Å². The number of anilines is 1. The van der Waals surface area contributed by atoms with E-state index in [-0.39, 0.29) is 0 Å². The largest absolute Gasteiger partial charge is 0.397 e. The lowest BCUT2D eigenvalue weighted by Gasteiger charge is -2.01.